The predicted molar refractivity (Wildman–Crippen MR) is 77.1 cm³/mol. The van der Waals surface area contributed by atoms with Crippen molar-refractivity contribution in [1.29, 1.82) is 0 Å². The number of nitrogens with zero attached hydrogens (tertiary/aromatic N) is 2. The predicted octanol–water partition coefficient (Wildman–Crippen LogP) is 1.44. The van der Waals surface area contributed by atoms with Crippen molar-refractivity contribution in [1.82, 2.24) is 10.3 Å². The van der Waals surface area contributed by atoms with Gasteiger partial charge in [-0.2, -0.15) is 0 Å². The van der Waals surface area contributed by atoms with E-state index in [2.05, 4.69) is 10.3 Å². The van der Waals surface area contributed by atoms with Gasteiger partial charge in [0.1, 0.15) is 5.82 Å². The number of carboxylic acids is 1. The quantitative estimate of drug-likeness (QED) is 0.823. The summed E-state index contributed by atoms with van der Waals surface area (Å²) in [6, 6.07) is 3.23. The van der Waals surface area contributed by atoms with Crippen LogP contribution in [-0.2, 0) is 4.79 Å². The fourth-order valence-corrected chi connectivity index (χ4v) is 1.85. The molecule has 0 aromatic carbocycles. The molecule has 110 valence electrons. The summed E-state index contributed by atoms with van der Waals surface area (Å²) in [6.45, 7) is 8.19. The summed E-state index contributed by atoms with van der Waals surface area (Å²) < 4.78 is 0. The van der Waals surface area contributed by atoms with Gasteiger partial charge >= 0.3 is 5.97 Å². The molecule has 0 bridgehead atoms. The average molecular weight is 279 g/mol. The van der Waals surface area contributed by atoms with Crippen LogP contribution in [0.15, 0.2) is 12.1 Å². The number of carbonyl (C=O) groups excluding carboxylic acids is 1. The van der Waals surface area contributed by atoms with E-state index >= 15 is 0 Å². The Morgan fingerprint density at radius 3 is 2.50 bits per heavy atom. The summed E-state index contributed by atoms with van der Waals surface area (Å²) in [4.78, 5) is 28.8. The van der Waals surface area contributed by atoms with Crippen molar-refractivity contribution in [3.63, 3.8) is 0 Å². The highest BCUT2D eigenvalue weighted by Crippen LogP contribution is 2.14. The molecule has 0 radical (unpaired) electrons. The van der Waals surface area contributed by atoms with Crippen LogP contribution in [0.25, 0.3) is 0 Å². The highest BCUT2D eigenvalue weighted by atomic mass is 16.4. The number of likely N-dealkylation sites (N-methyl/N-ethyl adjacent to an activating group) is 1. The van der Waals surface area contributed by atoms with E-state index in [4.69, 9.17) is 5.11 Å². The minimum absolute atomic E-state index is 0.0800. The largest absolute Gasteiger partial charge is 0.478 e. The molecule has 0 aliphatic heterocycles. The molecule has 0 spiro atoms. The zero-order chi connectivity index (χ0) is 15.3. The number of pyridine rings is 1. The van der Waals surface area contributed by atoms with Gasteiger partial charge < -0.3 is 15.3 Å². The molecule has 1 heterocycles. The maximum Gasteiger partial charge on any atom is 0.337 e. The third-order valence-electron chi connectivity index (χ3n) is 2.79. The number of nitrogens with one attached hydrogen (secondary N) is 1. The summed E-state index contributed by atoms with van der Waals surface area (Å²) in [5, 5.41) is 11.8. The maximum atomic E-state index is 11.8. The lowest BCUT2D eigenvalue weighted by Crippen LogP contribution is -2.40. The van der Waals surface area contributed by atoms with Crippen molar-refractivity contribution in [2.45, 2.75) is 33.7 Å². The number of aromatic carboxylic acids is 1. The molecule has 1 aromatic rings. The molecule has 0 atom stereocenters. The van der Waals surface area contributed by atoms with Crippen LogP contribution in [0.1, 0.15) is 36.8 Å². The van der Waals surface area contributed by atoms with Crippen LogP contribution in [0.3, 0.4) is 0 Å². The Kier molecular flexibility index (Phi) is 5.49. The number of amides is 1. The molecule has 6 nitrogen and oxygen atoms in total. The van der Waals surface area contributed by atoms with Crippen LogP contribution in [0.2, 0.25) is 0 Å². The van der Waals surface area contributed by atoms with Crippen molar-refractivity contribution in [2.75, 3.05) is 18.0 Å². The monoisotopic (exact) mass is 279 g/mol. The first-order valence-electron chi connectivity index (χ1n) is 6.60. The molecule has 0 aliphatic rings. The topological polar surface area (TPSA) is 82.5 Å². The first-order chi connectivity index (χ1) is 9.35. The van der Waals surface area contributed by atoms with Gasteiger partial charge in [-0.15, -0.1) is 0 Å². The fourth-order valence-electron chi connectivity index (χ4n) is 1.85. The maximum absolute atomic E-state index is 11.8. The van der Waals surface area contributed by atoms with Crippen molar-refractivity contribution in [2.24, 2.45) is 0 Å². The van der Waals surface area contributed by atoms with Gasteiger partial charge in [0, 0.05) is 12.6 Å². The van der Waals surface area contributed by atoms with Gasteiger partial charge in [-0.1, -0.05) is 0 Å². The SMILES string of the molecule is CCN(CC(=O)NC(C)C)c1ccc(C(=O)O)c(C)n1. The molecule has 0 fully saturated rings. The number of carboxylic acid groups (broad SMARTS) is 1. The Bertz CT molecular complexity index is 500. The lowest BCUT2D eigenvalue weighted by molar-refractivity contribution is -0.120. The summed E-state index contributed by atoms with van der Waals surface area (Å²) in [5.41, 5.74) is 0.620. The molecule has 6 heteroatoms. The van der Waals surface area contributed by atoms with E-state index in [1.807, 2.05) is 20.8 Å². The smallest absolute Gasteiger partial charge is 0.337 e. The zero-order valence-electron chi connectivity index (χ0n) is 12.3. The van der Waals surface area contributed by atoms with Crippen molar-refractivity contribution < 1.29 is 14.7 Å². The van der Waals surface area contributed by atoms with E-state index in [-0.39, 0.29) is 24.1 Å². The second kappa shape index (κ2) is 6.88. The van der Waals surface area contributed by atoms with E-state index in [1.165, 1.54) is 6.07 Å². The lowest BCUT2D eigenvalue weighted by atomic mass is 10.2. The standard InChI is InChI=1S/C14H21N3O3/c1-5-17(8-13(18)15-9(2)3)12-7-6-11(14(19)20)10(4)16-12/h6-7,9H,5,8H2,1-4H3,(H,15,18)(H,19,20). The van der Waals surface area contributed by atoms with Crippen LogP contribution in [0, 0.1) is 6.92 Å². The number of carbonyl (C=O) groups is 2. The molecule has 0 unspecified atom stereocenters. The van der Waals surface area contributed by atoms with E-state index in [0.717, 1.165) is 0 Å². The van der Waals surface area contributed by atoms with Crippen LogP contribution in [0.4, 0.5) is 5.82 Å². The molecular weight excluding hydrogens is 258 g/mol. The second-order valence-corrected chi connectivity index (χ2v) is 4.84. The molecule has 1 aromatic heterocycles. The van der Waals surface area contributed by atoms with Gasteiger partial charge in [-0.05, 0) is 39.8 Å². The van der Waals surface area contributed by atoms with Crippen LogP contribution < -0.4 is 10.2 Å². The van der Waals surface area contributed by atoms with Crippen LogP contribution in [-0.4, -0.2) is 41.1 Å². The highest BCUT2D eigenvalue weighted by Gasteiger charge is 2.14. The molecule has 0 aliphatic carbocycles. The normalized spacial score (nSPS) is 10.4. The Hall–Kier alpha value is -2.11. The van der Waals surface area contributed by atoms with Crippen LogP contribution >= 0.6 is 0 Å². The summed E-state index contributed by atoms with van der Waals surface area (Å²) in [7, 11) is 0. The number of anilines is 1. The number of aromatic nitrogens is 1. The first-order valence-corrected chi connectivity index (χ1v) is 6.60. The summed E-state index contributed by atoms with van der Waals surface area (Å²) in [5.74, 6) is -0.473. The van der Waals surface area contributed by atoms with E-state index < -0.39 is 5.97 Å². The molecule has 2 N–H and O–H groups in total. The third-order valence-corrected chi connectivity index (χ3v) is 2.79. The second-order valence-electron chi connectivity index (χ2n) is 4.84. The number of hydrogen-bond acceptors (Lipinski definition) is 4. The van der Waals surface area contributed by atoms with Gasteiger partial charge in [0.25, 0.3) is 0 Å². The van der Waals surface area contributed by atoms with Gasteiger partial charge in [-0.3, -0.25) is 4.79 Å². The molecule has 0 saturated carbocycles. The van der Waals surface area contributed by atoms with Gasteiger partial charge in [0.05, 0.1) is 17.8 Å². The van der Waals surface area contributed by atoms with Crippen molar-refractivity contribution in [3.05, 3.63) is 23.4 Å². The van der Waals surface area contributed by atoms with Gasteiger partial charge in [0.15, 0.2) is 0 Å². The van der Waals surface area contributed by atoms with E-state index in [1.54, 1.807) is 17.9 Å². The summed E-state index contributed by atoms with van der Waals surface area (Å²) >= 11 is 0. The zero-order valence-corrected chi connectivity index (χ0v) is 12.3. The minimum atomic E-state index is -0.998. The van der Waals surface area contributed by atoms with Gasteiger partial charge in [0.2, 0.25) is 5.91 Å². The molecule has 0 saturated heterocycles. The van der Waals surface area contributed by atoms with E-state index in [0.29, 0.717) is 18.1 Å². The lowest BCUT2D eigenvalue weighted by Gasteiger charge is -2.22. The Morgan fingerprint density at radius 1 is 1.40 bits per heavy atom. The molecule has 1 amide bonds. The first kappa shape index (κ1) is 15.9. The minimum Gasteiger partial charge on any atom is -0.478 e. The van der Waals surface area contributed by atoms with E-state index in [9.17, 15) is 9.59 Å². The Morgan fingerprint density at radius 2 is 2.05 bits per heavy atom. The van der Waals surface area contributed by atoms with Crippen molar-refractivity contribution in [3.8, 4) is 0 Å². The fraction of sp³-hybridized carbons (Fsp3) is 0.500. The number of aryl methyl sites for hydroxylation is 1. The summed E-state index contributed by atoms with van der Waals surface area (Å²) in [6.07, 6.45) is 0. The van der Waals surface area contributed by atoms with Crippen LogP contribution in [0.5, 0.6) is 0 Å². The molecule has 20 heavy (non-hydrogen) atoms. The highest BCUT2D eigenvalue weighted by molar-refractivity contribution is 5.89. The van der Waals surface area contributed by atoms with Gasteiger partial charge in [-0.25, -0.2) is 9.78 Å². The third kappa shape index (κ3) is 4.22. The molecule has 1 rings (SSSR count). The molecular formula is C14H21N3O3. The van der Waals surface area contributed by atoms with Crippen molar-refractivity contribution >= 4 is 17.7 Å². The average Bonchev–Trinajstić information content (AvgIpc) is 2.34. The Labute approximate surface area is 118 Å². The number of rotatable bonds is 6. The number of hydrogen-bond donors (Lipinski definition) is 2. The Balaban J connectivity index is 2.88.